The lowest BCUT2D eigenvalue weighted by molar-refractivity contribution is 0.0881. The molecule has 0 bridgehead atoms. The Bertz CT molecular complexity index is 1230. The number of unbranched alkanes of at least 4 members (excludes halogenated alkanes) is 1. The summed E-state index contributed by atoms with van der Waals surface area (Å²) in [6.07, 6.45) is 1.12. The monoisotopic (exact) mass is 604 g/mol. The fraction of sp³-hybridized carbons (Fsp3) is 0.382. The van der Waals surface area contributed by atoms with Crippen molar-refractivity contribution in [3.05, 3.63) is 108 Å². The Balaban J connectivity index is 1.39. The molecule has 0 aliphatic carbocycles. The molecular weight excluding hydrogens is 560 g/mol. The number of hydrogen-bond acceptors (Lipinski definition) is 7. The van der Waals surface area contributed by atoms with Gasteiger partial charge >= 0.3 is 18.3 Å². The molecule has 0 aliphatic heterocycles. The number of nitrogens with one attached hydrogen (secondary N) is 1. The van der Waals surface area contributed by atoms with E-state index in [4.69, 9.17) is 19.9 Å². The highest BCUT2D eigenvalue weighted by atomic mass is 16.6. The Morgan fingerprint density at radius 1 is 0.591 bits per heavy atom. The fourth-order valence-electron chi connectivity index (χ4n) is 4.32. The van der Waals surface area contributed by atoms with E-state index in [0.29, 0.717) is 65.0 Å². The molecule has 3 N–H and O–H groups in total. The third-order valence-corrected chi connectivity index (χ3v) is 6.70. The van der Waals surface area contributed by atoms with Crippen LogP contribution in [0.15, 0.2) is 91.0 Å². The molecular formula is C34H44N4O6. The van der Waals surface area contributed by atoms with Crippen molar-refractivity contribution in [2.24, 2.45) is 5.73 Å². The van der Waals surface area contributed by atoms with Gasteiger partial charge in [-0.1, -0.05) is 91.0 Å². The molecule has 0 heterocycles. The van der Waals surface area contributed by atoms with Crippen LogP contribution in [-0.4, -0.2) is 67.4 Å². The van der Waals surface area contributed by atoms with Gasteiger partial charge < -0.3 is 35.1 Å². The Morgan fingerprint density at radius 3 is 1.73 bits per heavy atom. The third-order valence-electron chi connectivity index (χ3n) is 6.70. The highest BCUT2D eigenvalue weighted by Gasteiger charge is 2.17. The molecule has 10 nitrogen and oxygen atoms in total. The third kappa shape index (κ3) is 13.6. The molecule has 0 aliphatic rings. The zero-order valence-corrected chi connectivity index (χ0v) is 25.3. The van der Waals surface area contributed by atoms with Crippen molar-refractivity contribution in [1.82, 2.24) is 15.1 Å². The van der Waals surface area contributed by atoms with Crippen LogP contribution in [0.4, 0.5) is 14.4 Å². The number of alkyl carbamates (subject to hydrolysis) is 1. The van der Waals surface area contributed by atoms with Crippen LogP contribution in [0.25, 0.3) is 0 Å². The number of rotatable bonds is 18. The topological polar surface area (TPSA) is 123 Å². The van der Waals surface area contributed by atoms with E-state index in [-0.39, 0.29) is 25.9 Å². The lowest BCUT2D eigenvalue weighted by Gasteiger charge is -2.23. The molecule has 0 fully saturated rings. The molecule has 0 atom stereocenters. The van der Waals surface area contributed by atoms with E-state index >= 15 is 0 Å². The van der Waals surface area contributed by atoms with Crippen LogP contribution in [-0.2, 0) is 34.0 Å². The molecule has 3 aromatic rings. The molecule has 3 rings (SSSR count). The number of carbonyl (C=O) groups is 3. The van der Waals surface area contributed by atoms with E-state index in [1.54, 1.807) is 9.80 Å². The highest BCUT2D eigenvalue weighted by molar-refractivity contribution is 5.68. The van der Waals surface area contributed by atoms with Crippen molar-refractivity contribution in [1.29, 1.82) is 0 Å². The molecule has 3 amide bonds. The number of benzene rings is 3. The lowest BCUT2D eigenvalue weighted by atomic mass is 10.2. The normalized spacial score (nSPS) is 10.5. The molecule has 236 valence electrons. The summed E-state index contributed by atoms with van der Waals surface area (Å²) in [5.74, 6) is 0. The average Bonchev–Trinajstić information content (AvgIpc) is 3.06. The first-order valence-electron chi connectivity index (χ1n) is 15.1. The first-order valence-corrected chi connectivity index (χ1v) is 15.1. The van der Waals surface area contributed by atoms with Crippen molar-refractivity contribution < 1.29 is 28.6 Å². The molecule has 0 unspecified atom stereocenters. The highest BCUT2D eigenvalue weighted by Crippen LogP contribution is 2.09. The van der Waals surface area contributed by atoms with Gasteiger partial charge in [0.05, 0.1) is 6.61 Å². The van der Waals surface area contributed by atoms with Gasteiger partial charge in [-0.2, -0.15) is 0 Å². The first-order chi connectivity index (χ1) is 21.5. The Hall–Kier alpha value is -4.57. The summed E-state index contributed by atoms with van der Waals surface area (Å²) in [7, 11) is 0. The summed E-state index contributed by atoms with van der Waals surface area (Å²) < 4.78 is 16.3. The maximum absolute atomic E-state index is 13.0. The molecule has 0 aromatic heterocycles. The van der Waals surface area contributed by atoms with E-state index in [9.17, 15) is 14.4 Å². The minimum Gasteiger partial charge on any atom is -0.449 e. The van der Waals surface area contributed by atoms with Crippen LogP contribution < -0.4 is 11.1 Å². The summed E-state index contributed by atoms with van der Waals surface area (Å²) in [5, 5.41) is 2.73. The predicted molar refractivity (Wildman–Crippen MR) is 169 cm³/mol. The van der Waals surface area contributed by atoms with Gasteiger partial charge in [0, 0.05) is 32.7 Å². The van der Waals surface area contributed by atoms with Gasteiger partial charge in [-0.3, -0.25) is 0 Å². The molecule has 0 spiro atoms. The van der Waals surface area contributed by atoms with Gasteiger partial charge in [-0.15, -0.1) is 0 Å². The van der Waals surface area contributed by atoms with E-state index < -0.39 is 12.2 Å². The van der Waals surface area contributed by atoms with E-state index in [1.165, 1.54) is 0 Å². The minimum absolute atomic E-state index is 0.193. The largest absolute Gasteiger partial charge is 0.449 e. The number of ether oxygens (including phenoxy) is 3. The average molecular weight is 605 g/mol. The quantitative estimate of drug-likeness (QED) is 0.141. The van der Waals surface area contributed by atoms with Gasteiger partial charge in [-0.05, 0) is 48.9 Å². The summed E-state index contributed by atoms with van der Waals surface area (Å²) in [6.45, 7) is 3.21. The fourth-order valence-corrected chi connectivity index (χ4v) is 4.32. The molecule has 0 saturated carbocycles. The maximum Gasteiger partial charge on any atom is 0.410 e. The molecule has 0 radical (unpaired) electrons. The van der Waals surface area contributed by atoms with E-state index in [1.807, 2.05) is 91.0 Å². The second-order valence-electron chi connectivity index (χ2n) is 10.2. The molecule has 44 heavy (non-hydrogen) atoms. The van der Waals surface area contributed by atoms with Crippen LogP contribution in [0.5, 0.6) is 0 Å². The van der Waals surface area contributed by atoms with Gasteiger partial charge in [0.15, 0.2) is 0 Å². The van der Waals surface area contributed by atoms with Gasteiger partial charge in [0.1, 0.15) is 13.2 Å². The molecule has 3 aromatic carbocycles. The number of nitrogens with two attached hydrogens (primary N) is 1. The second kappa shape index (κ2) is 20.4. The van der Waals surface area contributed by atoms with E-state index in [0.717, 1.165) is 16.7 Å². The Labute approximate surface area is 260 Å². The van der Waals surface area contributed by atoms with Crippen LogP contribution >= 0.6 is 0 Å². The Morgan fingerprint density at radius 2 is 1.11 bits per heavy atom. The summed E-state index contributed by atoms with van der Waals surface area (Å²) in [6, 6.07) is 28.7. The van der Waals surface area contributed by atoms with Crippen LogP contribution in [0, 0.1) is 0 Å². The van der Waals surface area contributed by atoms with Crippen LogP contribution in [0.1, 0.15) is 42.4 Å². The zero-order valence-electron chi connectivity index (χ0n) is 25.3. The summed E-state index contributed by atoms with van der Waals surface area (Å²) in [4.78, 5) is 41.0. The summed E-state index contributed by atoms with van der Waals surface area (Å²) in [5.41, 5.74) is 8.47. The molecule has 0 saturated heterocycles. The summed E-state index contributed by atoms with van der Waals surface area (Å²) >= 11 is 0. The van der Waals surface area contributed by atoms with Crippen molar-refractivity contribution in [3.63, 3.8) is 0 Å². The predicted octanol–water partition coefficient (Wildman–Crippen LogP) is 5.71. The smallest absolute Gasteiger partial charge is 0.410 e. The van der Waals surface area contributed by atoms with Crippen LogP contribution in [0.2, 0.25) is 0 Å². The SMILES string of the molecule is NCCCN(CCCCOC(=O)N(CCCNC(=O)OCc1ccccc1)Cc1ccccc1)C(=O)OCc1ccccc1. The van der Waals surface area contributed by atoms with Gasteiger partial charge in [0.2, 0.25) is 0 Å². The van der Waals surface area contributed by atoms with Crippen molar-refractivity contribution in [2.45, 2.75) is 45.4 Å². The van der Waals surface area contributed by atoms with Crippen molar-refractivity contribution >= 4 is 18.3 Å². The van der Waals surface area contributed by atoms with Crippen molar-refractivity contribution in [3.8, 4) is 0 Å². The number of nitrogens with zero attached hydrogens (tertiary/aromatic N) is 2. The first kappa shape index (κ1) is 33.9. The van der Waals surface area contributed by atoms with Gasteiger partial charge in [-0.25, -0.2) is 14.4 Å². The Kier molecular flexibility index (Phi) is 15.7. The number of amides is 3. The number of hydrogen-bond donors (Lipinski definition) is 2. The molecule has 10 heteroatoms. The standard InChI is InChI=1S/C34H44N4O6/c35-20-12-23-37(33(40)44-28-31-18-8-3-9-19-31)22-10-11-25-42-34(41)38(26-29-14-4-1-5-15-29)24-13-21-36-32(39)43-27-30-16-6-2-7-17-30/h1-9,14-19H,10-13,20-28,35H2,(H,36,39). The van der Waals surface area contributed by atoms with E-state index in [2.05, 4.69) is 5.32 Å². The lowest BCUT2D eigenvalue weighted by Crippen LogP contribution is -2.35. The zero-order chi connectivity index (χ0) is 31.2. The van der Waals surface area contributed by atoms with Gasteiger partial charge in [0.25, 0.3) is 0 Å². The van der Waals surface area contributed by atoms with Crippen LogP contribution in [0.3, 0.4) is 0 Å². The second-order valence-corrected chi connectivity index (χ2v) is 10.2. The number of carbonyl (C=O) groups excluding carboxylic acids is 3. The maximum atomic E-state index is 13.0. The minimum atomic E-state index is -0.504. The van der Waals surface area contributed by atoms with Crippen molar-refractivity contribution in [2.75, 3.05) is 39.3 Å².